The van der Waals surface area contributed by atoms with E-state index in [1.165, 1.54) is 0 Å². The van der Waals surface area contributed by atoms with Gasteiger partial charge in [0.15, 0.2) is 0 Å². The molecule has 0 saturated carbocycles. The molecule has 13 heavy (non-hydrogen) atoms. The molecular formula is C9H21NO3. The van der Waals surface area contributed by atoms with Gasteiger partial charge in [-0.2, -0.15) is 0 Å². The molecule has 0 radical (unpaired) electrons. The molecule has 4 heteroatoms. The summed E-state index contributed by atoms with van der Waals surface area (Å²) in [5, 5.41) is 18.2. The Morgan fingerprint density at radius 1 is 1.38 bits per heavy atom. The van der Waals surface area contributed by atoms with Gasteiger partial charge in [-0.05, 0) is 13.5 Å². The van der Waals surface area contributed by atoms with Crippen LogP contribution >= 0.6 is 0 Å². The Morgan fingerprint density at radius 3 is 2.54 bits per heavy atom. The molecule has 0 aromatic heterocycles. The normalized spacial score (nSPS) is 13.6. The molecule has 0 saturated heterocycles. The standard InChI is InChI=1S/C9H21NO3/c1-3-10(5-6-11)7-9(12)8-13-4-2/h9,11-12H,3-8H2,1-2H3. The lowest BCUT2D eigenvalue weighted by Gasteiger charge is -2.22. The van der Waals surface area contributed by atoms with Crippen molar-refractivity contribution in [1.82, 2.24) is 4.90 Å². The van der Waals surface area contributed by atoms with E-state index in [1.807, 2.05) is 18.7 Å². The van der Waals surface area contributed by atoms with Crippen molar-refractivity contribution in [2.24, 2.45) is 0 Å². The Morgan fingerprint density at radius 2 is 2.08 bits per heavy atom. The summed E-state index contributed by atoms with van der Waals surface area (Å²) in [7, 11) is 0. The second kappa shape index (κ2) is 8.44. The summed E-state index contributed by atoms with van der Waals surface area (Å²) in [4.78, 5) is 1.99. The second-order valence-corrected chi connectivity index (χ2v) is 2.93. The molecule has 0 fully saturated rings. The van der Waals surface area contributed by atoms with Crippen molar-refractivity contribution in [1.29, 1.82) is 0 Å². The zero-order chi connectivity index (χ0) is 10.1. The first-order valence-corrected chi connectivity index (χ1v) is 4.83. The number of hydrogen-bond donors (Lipinski definition) is 2. The van der Waals surface area contributed by atoms with Crippen LogP contribution in [0.25, 0.3) is 0 Å². The maximum Gasteiger partial charge on any atom is 0.0900 e. The van der Waals surface area contributed by atoms with E-state index in [4.69, 9.17) is 9.84 Å². The summed E-state index contributed by atoms with van der Waals surface area (Å²) < 4.78 is 5.08. The van der Waals surface area contributed by atoms with Gasteiger partial charge in [0.1, 0.15) is 0 Å². The molecule has 0 aliphatic carbocycles. The van der Waals surface area contributed by atoms with E-state index in [2.05, 4.69) is 0 Å². The van der Waals surface area contributed by atoms with Crippen molar-refractivity contribution in [3.8, 4) is 0 Å². The first-order valence-electron chi connectivity index (χ1n) is 4.83. The van der Waals surface area contributed by atoms with Crippen molar-refractivity contribution in [3.63, 3.8) is 0 Å². The first kappa shape index (κ1) is 12.8. The van der Waals surface area contributed by atoms with Crippen LogP contribution < -0.4 is 0 Å². The minimum absolute atomic E-state index is 0.134. The summed E-state index contributed by atoms with van der Waals surface area (Å²) in [6.45, 7) is 7.05. The lowest BCUT2D eigenvalue weighted by Crippen LogP contribution is -2.36. The molecule has 0 spiro atoms. The van der Waals surface area contributed by atoms with Crippen LogP contribution in [0.3, 0.4) is 0 Å². The summed E-state index contributed by atoms with van der Waals surface area (Å²) >= 11 is 0. The fourth-order valence-electron chi connectivity index (χ4n) is 1.12. The summed E-state index contributed by atoms with van der Waals surface area (Å²) in [6, 6.07) is 0. The summed E-state index contributed by atoms with van der Waals surface area (Å²) in [5.41, 5.74) is 0. The number of rotatable bonds is 8. The van der Waals surface area contributed by atoms with E-state index in [9.17, 15) is 5.11 Å². The van der Waals surface area contributed by atoms with Gasteiger partial charge in [-0.15, -0.1) is 0 Å². The van der Waals surface area contributed by atoms with Crippen LogP contribution in [0, 0.1) is 0 Å². The molecule has 2 N–H and O–H groups in total. The Bertz CT molecular complexity index is 111. The largest absolute Gasteiger partial charge is 0.395 e. The van der Waals surface area contributed by atoms with Crippen LogP contribution in [0.4, 0.5) is 0 Å². The SMILES string of the molecule is CCOCC(O)CN(CC)CCO. The fraction of sp³-hybridized carbons (Fsp3) is 1.00. The van der Waals surface area contributed by atoms with E-state index in [-0.39, 0.29) is 6.61 Å². The predicted molar refractivity (Wildman–Crippen MR) is 51.7 cm³/mol. The second-order valence-electron chi connectivity index (χ2n) is 2.93. The van der Waals surface area contributed by atoms with Crippen LogP contribution in [0.5, 0.6) is 0 Å². The third-order valence-corrected chi connectivity index (χ3v) is 1.85. The van der Waals surface area contributed by atoms with Gasteiger partial charge < -0.3 is 14.9 Å². The maximum absolute atomic E-state index is 9.46. The number of hydrogen-bond acceptors (Lipinski definition) is 4. The molecule has 0 bridgehead atoms. The van der Waals surface area contributed by atoms with Crippen molar-refractivity contribution in [2.45, 2.75) is 20.0 Å². The highest BCUT2D eigenvalue weighted by molar-refractivity contribution is 4.62. The van der Waals surface area contributed by atoms with Gasteiger partial charge in [0, 0.05) is 19.7 Å². The number of aliphatic hydroxyl groups is 2. The monoisotopic (exact) mass is 191 g/mol. The first-order chi connectivity index (χ1) is 6.24. The highest BCUT2D eigenvalue weighted by Crippen LogP contribution is 1.93. The molecule has 0 aromatic carbocycles. The van der Waals surface area contributed by atoms with Gasteiger partial charge in [0.25, 0.3) is 0 Å². The molecule has 1 unspecified atom stereocenters. The van der Waals surface area contributed by atoms with E-state index < -0.39 is 6.10 Å². The molecule has 0 aromatic rings. The third-order valence-electron chi connectivity index (χ3n) is 1.85. The van der Waals surface area contributed by atoms with Gasteiger partial charge in [-0.25, -0.2) is 0 Å². The average molecular weight is 191 g/mol. The Kier molecular flexibility index (Phi) is 8.33. The van der Waals surface area contributed by atoms with Crippen molar-refractivity contribution in [2.75, 3.05) is 39.5 Å². The van der Waals surface area contributed by atoms with E-state index in [1.54, 1.807) is 0 Å². The highest BCUT2D eigenvalue weighted by atomic mass is 16.5. The smallest absolute Gasteiger partial charge is 0.0900 e. The lowest BCUT2D eigenvalue weighted by molar-refractivity contribution is 0.0194. The molecule has 1 atom stereocenters. The van der Waals surface area contributed by atoms with E-state index in [0.29, 0.717) is 26.3 Å². The maximum atomic E-state index is 9.46. The van der Waals surface area contributed by atoms with Gasteiger partial charge in [0.2, 0.25) is 0 Å². The van der Waals surface area contributed by atoms with Gasteiger partial charge in [0.05, 0.1) is 19.3 Å². The summed E-state index contributed by atoms with van der Waals surface area (Å²) in [5.74, 6) is 0. The quantitative estimate of drug-likeness (QED) is 0.553. The van der Waals surface area contributed by atoms with Crippen LogP contribution in [0.15, 0.2) is 0 Å². The van der Waals surface area contributed by atoms with Crippen molar-refractivity contribution < 1.29 is 14.9 Å². The lowest BCUT2D eigenvalue weighted by atomic mass is 10.3. The Labute approximate surface area is 80.1 Å². The van der Waals surface area contributed by atoms with Crippen molar-refractivity contribution >= 4 is 0 Å². The van der Waals surface area contributed by atoms with E-state index in [0.717, 1.165) is 6.54 Å². The molecule has 80 valence electrons. The molecule has 0 aliphatic heterocycles. The minimum Gasteiger partial charge on any atom is -0.395 e. The number of likely N-dealkylation sites (N-methyl/N-ethyl adjacent to an activating group) is 1. The predicted octanol–water partition coefficient (Wildman–Crippen LogP) is -0.302. The molecule has 0 amide bonds. The van der Waals surface area contributed by atoms with Gasteiger partial charge in [-0.3, -0.25) is 4.90 Å². The minimum atomic E-state index is -0.452. The van der Waals surface area contributed by atoms with Crippen LogP contribution in [0.2, 0.25) is 0 Å². The average Bonchev–Trinajstić information content (AvgIpc) is 2.14. The zero-order valence-corrected chi connectivity index (χ0v) is 8.57. The molecule has 4 nitrogen and oxygen atoms in total. The Hall–Kier alpha value is -0.160. The van der Waals surface area contributed by atoms with Crippen LogP contribution in [-0.4, -0.2) is 60.7 Å². The third kappa shape index (κ3) is 6.95. The number of nitrogens with zero attached hydrogens (tertiary/aromatic N) is 1. The van der Waals surface area contributed by atoms with E-state index >= 15 is 0 Å². The highest BCUT2D eigenvalue weighted by Gasteiger charge is 2.09. The molecular weight excluding hydrogens is 170 g/mol. The Balaban J connectivity index is 3.53. The fourth-order valence-corrected chi connectivity index (χ4v) is 1.12. The van der Waals surface area contributed by atoms with Gasteiger partial charge >= 0.3 is 0 Å². The topological polar surface area (TPSA) is 52.9 Å². The number of ether oxygens (including phenoxy) is 1. The number of aliphatic hydroxyl groups excluding tert-OH is 2. The molecule has 0 heterocycles. The zero-order valence-electron chi connectivity index (χ0n) is 8.57. The van der Waals surface area contributed by atoms with Crippen LogP contribution in [0.1, 0.15) is 13.8 Å². The molecule has 0 aliphatic rings. The molecule has 0 rings (SSSR count). The van der Waals surface area contributed by atoms with Crippen molar-refractivity contribution in [3.05, 3.63) is 0 Å². The summed E-state index contributed by atoms with van der Waals surface area (Å²) in [6.07, 6.45) is -0.452. The van der Waals surface area contributed by atoms with Gasteiger partial charge in [-0.1, -0.05) is 6.92 Å². The van der Waals surface area contributed by atoms with Crippen LogP contribution in [-0.2, 0) is 4.74 Å².